The second-order valence-corrected chi connectivity index (χ2v) is 3.53. The van der Waals surface area contributed by atoms with Crippen molar-refractivity contribution >= 4 is 6.09 Å². The van der Waals surface area contributed by atoms with Crippen molar-refractivity contribution in [1.29, 1.82) is 0 Å². The van der Waals surface area contributed by atoms with Crippen molar-refractivity contribution in [2.45, 2.75) is 25.8 Å². The van der Waals surface area contributed by atoms with Crippen LogP contribution in [0.3, 0.4) is 0 Å². The van der Waals surface area contributed by atoms with E-state index in [0.717, 1.165) is 19.4 Å². The molecule has 4 nitrogen and oxygen atoms in total. The Bertz CT molecular complexity index is 184. The molecule has 1 saturated heterocycles. The minimum atomic E-state index is -0.275. The molecule has 1 aliphatic rings. The molecule has 1 N–H and O–H groups in total. The summed E-state index contributed by atoms with van der Waals surface area (Å²) in [4.78, 5) is 13.0. The van der Waals surface area contributed by atoms with E-state index < -0.39 is 0 Å². The van der Waals surface area contributed by atoms with Crippen molar-refractivity contribution in [2.24, 2.45) is 5.92 Å². The summed E-state index contributed by atoms with van der Waals surface area (Å²) in [7, 11) is 1.39. The third-order valence-electron chi connectivity index (χ3n) is 2.65. The van der Waals surface area contributed by atoms with Crippen LogP contribution in [-0.2, 0) is 4.74 Å². The first-order valence-corrected chi connectivity index (χ1v) is 4.66. The van der Waals surface area contributed by atoms with E-state index in [-0.39, 0.29) is 24.7 Å². The van der Waals surface area contributed by atoms with E-state index in [9.17, 15) is 4.79 Å². The Morgan fingerprint density at radius 2 is 2.46 bits per heavy atom. The number of aliphatic hydroxyl groups is 1. The zero-order valence-electron chi connectivity index (χ0n) is 8.19. The highest BCUT2D eigenvalue weighted by atomic mass is 16.5. The molecule has 0 saturated carbocycles. The molecule has 1 aliphatic heterocycles. The van der Waals surface area contributed by atoms with Gasteiger partial charge in [0.25, 0.3) is 0 Å². The number of carbonyl (C=O) groups excluding carboxylic acids is 1. The van der Waals surface area contributed by atoms with Crippen molar-refractivity contribution in [3.63, 3.8) is 0 Å². The molecule has 0 radical (unpaired) electrons. The molecular weight excluding hydrogens is 170 g/mol. The van der Waals surface area contributed by atoms with Crippen LogP contribution in [0, 0.1) is 5.92 Å². The fourth-order valence-electron chi connectivity index (χ4n) is 1.85. The third-order valence-corrected chi connectivity index (χ3v) is 2.65. The molecule has 0 aromatic heterocycles. The van der Waals surface area contributed by atoms with Gasteiger partial charge >= 0.3 is 6.09 Å². The van der Waals surface area contributed by atoms with Crippen LogP contribution in [0.4, 0.5) is 4.79 Å². The first kappa shape index (κ1) is 10.3. The first-order valence-electron chi connectivity index (χ1n) is 4.66. The van der Waals surface area contributed by atoms with Crippen molar-refractivity contribution in [1.82, 2.24) is 4.90 Å². The molecule has 0 spiro atoms. The van der Waals surface area contributed by atoms with E-state index in [0.29, 0.717) is 0 Å². The number of methoxy groups -OCH3 is 1. The predicted octanol–water partition coefficient (Wildman–Crippen LogP) is 0.846. The van der Waals surface area contributed by atoms with Gasteiger partial charge in [-0.2, -0.15) is 0 Å². The summed E-state index contributed by atoms with van der Waals surface area (Å²) >= 11 is 0. The van der Waals surface area contributed by atoms with Crippen molar-refractivity contribution < 1.29 is 14.6 Å². The molecule has 1 fully saturated rings. The largest absolute Gasteiger partial charge is 0.453 e. The summed E-state index contributed by atoms with van der Waals surface area (Å²) in [5.41, 5.74) is 0. The topological polar surface area (TPSA) is 49.8 Å². The van der Waals surface area contributed by atoms with Gasteiger partial charge in [-0.3, -0.25) is 0 Å². The normalized spacial score (nSPS) is 24.5. The molecule has 0 bridgehead atoms. The van der Waals surface area contributed by atoms with Crippen LogP contribution in [0.5, 0.6) is 0 Å². The van der Waals surface area contributed by atoms with Gasteiger partial charge in [0.2, 0.25) is 0 Å². The fraction of sp³-hybridized carbons (Fsp3) is 0.889. The maximum Gasteiger partial charge on any atom is 0.409 e. The van der Waals surface area contributed by atoms with Crippen molar-refractivity contribution in [3.05, 3.63) is 0 Å². The summed E-state index contributed by atoms with van der Waals surface area (Å²) in [6.07, 6.45) is 1.70. The molecule has 1 rings (SSSR count). The smallest absolute Gasteiger partial charge is 0.409 e. The molecule has 2 atom stereocenters. The highest BCUT2D eigenvalue weighted by Crippen LogP contribution is 2.24. The summed E-state index contributed by atoms with van der Waals surface area (Å²) in [6.45, 7) is 2.83. The highest BCUT2D eigenvalue weighted by Gasteiger charge is 2.32. The van der Waals surface area contributed by atoms with Crippen LogP contribution in [0.1, 0.15) is 19.8 Å². The van der Waals surface area contributed by atoms with E-state index in [1.165, 1.54) is 7.11 Å². The van der Waals surface area contributed by atoms with E-state index in [4.69, 9.17) is 5.11 Å². The molecule has 13 heavy (non-hydrogen) atoms. The van der Waals surface area contributed by atoms with Crippen LogP contribution < -0.4 is 0 Å². The predicted molar refractivity (Wildman–Crippen MR) is 48.4 cm³/mol. The molecule has 0 aromatic rings. The lowest BCUT2D eigenvalue weighted by Crippen LogP contribution is -2.40. The lowest BCUT2D eigenvalue weighted by atomic mass is 10.0. The van der Waals surface area contributed by atoms with Crippen molar-refractivity contribution in [2.75, 3.05) is 20.3 Å². The summed E-state index contributed by atoms with van der Waals surface area (Å²) in [5.74, 6) is 0.140. The van der Waals surface area contributed by atoms with Gasteiger partial charge in [-0.25, -0.2) is 4.79 Å². The van der Waals surface area contributed by atoms with Gasteiger partial charge < -0.3 is 14.7 Å². The van der Waals surface area contributed by atoms with Crippen LogP contribution in [0.25, 0.3) is 0 Å². The van der Waals surface area contributed by atoms with Crippen LogP contribution >= 0.6 is 0 Å². The molecule has 1 amide bonds. The number of rotatable bonds is 2. The minimum absolute atomic E-state index is 0.123. The molecular formula is C9H17NO3. The average Bonchev–Trinajstić information content (AvgIpc) is 2.63. The zero-order valence-corrected chi connectivity index (χ0v) is 8.19. The molecule has 2 unspecified atom stereocenters. The standard InChI is InChI=1S/C9H17NO3/c1-7(6-11)8-4-3-5-10(8)9(12)13-2/h7-8,11H,3-6H2,1-2H3. The van der Waals surface area contributed by atoms with Gasteiger partial charge in [-0.05, 0) is 18.8 Å². The third kappa shape index (κ3) is 2.12. The van der Waals surface area contributed by atoms with Gasteiger partial charge in [0, 0.05) is 19.2 Å². The number of likely N-dealkylation sites (tertiary alicyclic amines) is 1. The maximum absolute atomic E-state index is 11.3. The second-order valence-electron chi connectivity index (χ2n) is 3.53. The Morgan fingerprint density at radius 3 is 3.00 bits per heavy atom. The van der Waals surface area contributed by atoms with Crippen LogP contribution in [-0.4, -0.2) is 42.4 Å². The SMILES string of the molecule is COC(=O)N1CCCC1C(C)CO. The summed E-state index contributed by atoms with van der Waals surface area (Å²) < 4.78 is 4.66. The van der Waals surface area contributed by atoms with Gasteiger partial charge in [0.15, 0.2) is 0 Å². The molecule has 4 heteroatoms. The Hall–Kier alpha value is -0.770. The monoisotopic (exact) mass is 187 g/mol. The Kier molecular flexibility index (Phi) is 3.54. The molecule has 0 aliphatic carbocycles. The number of nitrogens with zero attached hydrogens (tertiary/aromatic N) is 1. The number of ether oxygens (including phenoxy) is 1. The number of hydrogen-bond donors (Lipinski definition) is 1. The van der Waals surface area contributed by atoms with Gasteiger partial charge in [-0.1, -0.05) is 6.92 Å². The van der Waals surface area contributed by atoms with E-state index in [1.54, 1.807) is 4.90 Å². The van der Waals surface area contributed by atoms with E-state index in [2.05, 4.69) is 4.74 Å². The zero-order chi connectivity index (χ0) is 9.84. The number of amides is 1. The van der Waals surface area contributed by atoms with Gasteiger partial charge in [0.05, 0.1) is 7.11 Å². The number of aliphatic hydroxyl groups excluding tert-OH is 1. The fourth-order valence-corrected chi connectivity index (χ4v) is 1.85. The van der Waals surface area contributed by atoms with Crippen LogP contribution in [0.2, 0.25) is 0 Å². The molecule has 0 aromatic carbocycles. The first-order chi connectivity index (χ1) is 6.20. The summed E-state index contributed by atoms with van der Waals surface area (Å²) in [6, 6.07) is 0.150. The molecule has 1 heterocycles. The minimum Gasteiger partial charge on any atom is -0.453 e. The Balaban J connectivity index is 2.58. The Morgan fingerprint density at radius 1 is 1.77 bits per heavy atom. The van der Waals surface area contributed by atoms with E-state index >= 15 is 0 Å². The Labute approximate surface area is 78.5 Å². The van der Waals surface area contributed by atoms with Gasteiger partial charge in [0.1, 0.15) is 0 Å². The second kappa shape index (κ2) is 4.46. The van der Waals surface area contributed by atoms with E-state index in [1.807, 2.05) is 6.92 Å². The van der Waals surface area contributed by atoms with Crippen LogP contribution in [0.15, 0.2) is 0 Å². The highest BCUT2D eigenvalue weighted by molar-refractivity contribution is 5.68. The lowest BCUT2D eigenvalue weighted by molar-refractivity contribution is 0.0949. The number of hydrogen-bond acceptors (Lipinski definition) is 3. The quantitative estimate of drug-likeness (QED) is 0.697. The average molecular weight is 187 g/mol. The van der Waals surface area contributed by atoms with Crippen molar-refractivity contribution in [3.8, 4) is 0 Å². The molecule has 76 valence electrons. The van der Waals surface area contributed by atoms with Gasteiger partial charge in [-0.15, -0.1) is 0 Å². The summed E-state index contributed by atoms with van der Waals surface area (Å²) in [5, 5.41) is 8.99. The number of carbonyl (C=O) groups is 1. The lowest BCUT2D eigenvalue weighted by Gasteiger charge is -2.27. The maximum atomic E-state index is 11.3.